The molecule has 0 saturated carbocycles. The van der Waals surface area contributed by atoms with Crippen LogP contribution in [0.5, 0.6) is 0 Å². The average molecular weight is 441 g/mol. The van der Waals surface area contributed by atoms with E-state index in [-0.39, 0.29) is 11.8 Å². The number of nitrogens with zero attached hydrogens (tertiary/aromatic N) is 1. The second kappa shape index (κ2) is 13.2. The van der Waals surface area contributed by atoms with Crippen LogP contribution in [0.2, 0.25) is 0 Å². The maximum atomic E-state index is 13.2. The number of carbonyl (C=O) groups is 2. The minimum absolute atomic E-state index is 0.0349. The summed E-state index contributed by atoms with van der Waals surface area (Å²) in [6.45, 7) is 9.23. The van der Waals surface area contributed by atoms with Gasteiger partial charge in [-0.3, -0.25) is 9.59 Å². The smallest absolute Gasteiger partial charge is 0.242 e. The van der Waals surface area contributed by atoms with Gasteiger partial charge in [-0.2, -0.15) is 11.8 Å². The van der Waals surface area contributed by atoms with Crippen molar-refractivity contribution in [2.75, 3.05) is 12.3 Å². The quantitative estimate of drug-likeness (QED) is 0.462. The molecule has 168 valence electrons. The number of benzene rings is 2. The lowest BCUT2D eigenvalue weighted by Gasteiger charge is -2.31. The first-order valence-corrected chi connectivity index (χ1v) is 12.3. The summed E-state index contributed by atoms with van der Waals surface area (Å²) >= 11 is 1.75. The number of hydrogen-bond donors (Lipinski definition) is 1. The summed E-state index contributed by atoms with van der Waals surface area (Å²) in [6.07, 6.45) is 1.02. The van der Waals surface area contributed by atoms with Crippen LogP contribution in [-0.4, -0.2) is 35.1 Å². The fraction of sp³-hybridized carbons (Fsp3) is 0.462. The van der Waals surface area contributed by atoms with E-state index in [4.69, 9.17) is 0 Å². The van der Waals surface area contributed by atoms with Gasteiger partial charge >= 0.3 is 0 Å². The molecule has 0 spiro atoms. The number of hydrogen-bond acceptors (Lipinski definition) is 3. The van der Waals surface area contributed by atoms with E-state index in [0.717, 1.165) is 17.1 Å². The summed E-state index contributed by atoms with van der Waals surface area (Å²) < 4.78 is 0. The molecule has 5 heteroatoms. The Hall–Kier alpha value is -2.27. The van der Waals surface area contributed by atoms with E-state index >= 15 is 0 Å². The Morgan fingerprint density at radius 2 is 1.68 bits per heavy atom. The molecule has 0 bridgehead atoms. The largest absolute Gasteiger partial charge is 0.354 e. The first-order valence-electron chi connectivity index (χ1n) is 11.1. The molecule has 2 aromatic rings. The second-order valence-electron chi connectivity index (χ2n) is 8.36. The molecule has 4 nitrogen and oxygen atoms in total. The van der Waals surface area contributed by atoms with Crippen LogP contribution < -0.4 is 5.32 Å². The van der Waals surface area contributed by atoms with Gasteiger partial charge in [-0.05, 0) is 30.4 Å². The van der Waals surface area contributed by atoms with Crippen LogP contribution in [0.15, 0.2) is 54.6 Å². The molecule has 0 saturated heterocycles. The van der Waals surface area contributed by atoms with Gasteiger partial charge in [-0.25, -0.2) is 0 Å². The number of carbonyl (C=O) groups excluding carboxylic acids is 2. The maximum absolute atomic E-state index is 13.2. The fourth-order valence-corrected chi connectivity index (χ4v) is 4.19. The van der Waals surface area contributed by atoms with Crippen molar-refractivity contribution in [2.45, 2.75) is 58.9 Å². The zero-order valence-corrected chi connectivity index (χ0v) is 20.1. The van der Waals surface area contributed by atoms with Gasteiger partial charge in [-0.1, -0.05) is 80.9 Å². The van der Waals surface area contributed by atoms with Crippen LogP contribution in [0.1, 0.15) is 50.3 Å². The molecule has 1 N–H and O–H groups in total. The fourth-order valence-electron chi connectivity index (χ4n) is 3.30. The topological polar surface area (TPSA) is 49.4 Å². The molecule has 31 heavy (non-hydrogen) atoms. The monoisotopic (exact) mass is 440 g/mol. The van der Waals surface area contributed by atoms with Crippen LogP contribution in [0, 0.1) is 12.8 Å². The Morgan fingerprint density at radius 3 is 2.29 bits per heavy atom. The lowest BCUT2D eigenvalue weighted by atomic mass is 10.1. The molecule has 0 unspecified atom stereocenters. The number of thioether (sulfide) groups is 1. The summed E-state index contributed by atoms with van der Waals surface area (Å²) in [7, 11) is 0. The van der Waals surface area contributed by atoms with Gasteiger partial charge in [0.15, 0.2) is 0 Å². The summed E-state index contributed by atoms with van der Waals surface area (Å²) in [6, 6.07) is 18.0. The molecule has 0 aliphatic rings. The summed E-state index contributed by atoms with van der Waals surface area (Å²) in [4.78, 5) is 27.8. The van der Waals surface area contributed by atoms with E-state index in [1.54, 1.807) is 16.7 Å². The minimum atomic E-state index is -0.452. The highest BCUT2D eigenvalue weighted by Gasteiger charge is 2.28. The van der Waals surface area contributed by atoms with E-state index in [1.807, 2.05) is 56.3 Å². The van der Waals surface area contributed by atoms with Crippen LogP contribution in [-0.2, 0) is 21.9 Å². The SMILES string of the molecule is CC[C@@H](C(=O)NCC(C)C)N(Cc1ccc(C)cc1)C(=O)CCSCc1ccccc1. The first-order chi connectivity index (χ1) is 14.9. The van der Waals surface area contributed by atoms with Crippen molar-refractivity contribution in [3.05, 3.63) is 71.3 Å². The molecule has 0 aromatic heterocycles. The third kappa shape index (κ3) is 8.78. The normalized spacial score (nSPS) is 11.9. The third-order valence-electron chi connectivity index (χ3n) is 5.12. The highest BCUT2D eigenvalue weighted by Crippen LogP contribution is 2.17. The van der Waals surface area contributed by atoms with Crippen molar-refractivity contribution in [1.82, 2.24) is 10.2 Å². The molecule has 2 aromatic carbocycles. The molecule has 0 radical (unpaired) electrons. The van der Waals surface area contributed by atoms with E-state index in [2.05, 4.69) is 31.3 Å². The third-order valence-corrected chi connectivity index (χ3v) is 6.15. The Balaban J connectivity index is 2.04. The zero-order chi connectivity index (χ0) is 22.6. The number of rotatable bonds is 12. The van der Waals surface area contributed by atoms with Gasteiger partial charge in [0.05, 0.1) is 0 Å². The average Bonchev–Trinajstić information content (AvgIpc) is 2.77. The maximum Gasteiger partial charge on any atom is 0.242 e. The Bertz CT molecular complexity index is 806. The van der Waals surface area contributed by atoms with Gasteiger partial charge in [-0.15, -0.1) is 0 Å². The molecular weight excluding hydrogens is 404 g/mol. The van der Waals surface area contributed by atoms with Crippen molar-refractivity contribution in [2.24, 2.45) is 5.92 Å². The highest BCUT2D eigenvalue weighted by atomic mass is 32.2. The Kier molecular flexibility index (Phi) is 10.6. The van der Waals surface area contributed by atoms with Gasteiger partial charge < -0.3 is 10.2 Å². The van der Waals surface area contributed by atoms with Crippen LogP contribution >= 0.6 is 11.8 Å². The Labute approximate surface area is 191 Å². The highest BCUT2D eigenvalue weighted by molar-refractivity contribution is 7.98. The standard InChI is InChI=1S/C26H36N2O2S/c1-5-24(26(30)27-17-20(2)3)28(18-22-13-11-21(4)12-14-22)25(29)15-16-31-19-23-9-7-6-8-10-23/h6-14,20,24H,5,15-19H2,1-4H3,(H,27,30)/t24-/m0/s1. The molecule has 1 atom stereocenters. The lowest BCUT2D eigenvalue weighted by molar-refractivity contribution is -0.141. The van der Waals surface area contributed by atoms with Gasteiger partial charge in [0.1, 0.15) is 6.04 Å². The molecule has 0 aliphatic heterocycles. The van der Waals surface area contributed by atoms with Crippen molar-refractivity contribution in [1.29, 1.82) is 0 Å². The predicted molar refractivity (Wildman–Crippen MR) is 131 cm³/mol. The Morgan fingerprint density at radius 1 is 1.00 bits per heavy atom. The first kappa shape index (κ1) is 25.0. The molecule has 0 heterocycles. The van der Waals surface area contributed by atoms with E-state index < -0.39 is 6.04 Å². The van der Waals surface area contributed by atoms with Gasteiger partial charge in [0.2, 0.25) is 11.8 Å². The van der Waals surface area contributed by atoms with Crippen LogP contribution in [0.25, 0.3) is 0 Å². The van der Waals surface area contributed by atoms with Crippen LogP contribution in [0.4, 0.5) is 0 Å². The predicted octanol–water partition coefficient (Wildman–Crippen LogP) is 5.20. The molecular formula is C26H36N2O2S. The molecule has 2 amide bonds. The van der Waals surface area contributed by atoms with Crippen molar-refractivity contribution < 1.29 is 9.59 Å². The second-order valence-corrected chi connectivity index (χ2v) is 9.46. The van der Waals surface area contributed by atoms with E-state index in [1.165, 1.54) is 11.1 Å². The van der Waals surface area contributed by atoms with Crippen molar-refractivity contribution >= 4 is 23.6 Å². The number of aryl methyl sites for hydroxylation is 1. The van der Waals surface area contributed by atoms with Crippen molar-refractivity contribution in [3.63, 3.8) is 0 Å². The van der Waals surface area contributed by atoms with Crippen LogP contribution in [0.3, 0.4) is 0 Å². The zero-order valence-electron chi connectivity index (χ0n) is 19.3. The van der Waals surface area contributed by atoms with E-state index in [0.29, 0.717) is 31.8 Å². The molecule has 2 rings (SSSR count). The summed E-state index contributed by atoms with van der Waals surface area (Å²) in [5.41, 5.74) is 3.49. The van der Waals surface area contributed by atoms with Crippen molar-refractivity contribution in [3.8, 4) is 0 Å². The van der Waals surface area contributed by atoms with Gasteiger partial charge in [0.25, 0.3) is 0 Å². The number of nitrogens with one attached hydrogen (secondary N) is 1. The summed E-state index contributed by atoms with van der Waals surface area (Å²) in [5, 5.41) is 3.01. The van der Waals surface area contributed by atoms with Gasteiger partial charge in [0, 0.05) is 31.0 Å². The molecule has 0 aliphatic carbocycles. The number of amides is 2. The lowest BCUT2D eigenvalue weighted by Crippen LogP contribution is -2.49. The minimum Gasteiger partial charge on any atom is -0.354 e. The van der Waals surface area contributed by atoms with E-state index in [9.17, 15) is 9.59 Å². The summed E-state index contributed by atoms with van der Waals surface area (Å²) in [5.74, 6) is 1.97. The molecule has 0 fully saturated rings.